The first-order valence-corrected chi connectivity index (χ1v) is 10.6. The zero-order valence-electron chi connectivity index (χ0n) is 16.2. The highest BCUT2D eigenvalue weighted by molar-refractivity contribution is 7.14. The SMILES string of the molecule is COCCNC(=O)CN1CCN(C(=O)c2csc(Nc3ccccc3Cl)n2)CC1. The fraction of sp³-hybridized carbons (Fsp3) is 0.421. The lowest BCUT2D eigenvalue weighted by Gasteiger charge is -2.33. The summed E-state index contributed by atoms with van der Waals surface area (Å²) in [5.74, 6) is -0.130. The van der Waals surface area contributed by atoms with Gasteiger partial charge in [0.25, 0.3) is 5.91 Å². The van der Waals surface area contributed by atoms with Crippen LogP contribution < -0.4 is 10.6 Å². The van der Waals surface area contributed by atoms with Gasteiger partial charge in [0.05, 0.1) is 23.9 Å². The Kier molecular flexibility index (Phi) is 7.82. The van der Waals surface area contributed by atoms with Gasteiger partial charge in [0.15, 0.2) is 5.13 Å². The van der Waals surface area contributed by atoms with Crippen molar-refractivity contribution in [2.24, 2.45) is 0 Å². The third-order valence-corrected chi connectivity index (χ3v) is 5.58. The van der Waals surface area contributed by atoms with Crippen molar-refractivity contribution in [2.75, 3.05) is 58.3 Å². The van der Waals surface area contributed by atoms with Gasteiger partial charge in [-0.1, -0.05) is 23.7 Å². The molecule has 1 fully saturated rings. The Hall–Kier alpha value is -2.20. The minimum Gasteiger partial charge on any atom is -0.383 e. The lowest BCUT2D eigenvalue weighted by atomic mass is 10.3. The van der Waals surface area contributed by atoms with E-state index in [1.165, 1.54) is 11.3 Å². The molecule has 3 rings (SSSR count). The molecule has 2 N–H and O–H groups in total. The molecule has 1 aromatic carbocycles. The van der Waals surface area contributed by atoms with Crippen molar-refractivity contribution in [3.63, 3.8) is 0 Å². The molecule has 8 nitrogen and oxygen atoms in total. The van der Waals surface area contributed by atoms with Crippen LogP contribution >= 0.6 is 22.9 Å². The van der Waals surface area contributed by atoms with E-state index < -0.39 is 0 Å². The van der Waals surface area contributed by atoms with Gasteiger partial charge in [0.2, 0.25) is 5.91 Å². The van der Waals surface area contributed by atoms with Crippen LogP contribution in [-0.4, -0.2) is 79.6 Å². The first-order valence-electron chi connectivity index (χ1n) is 9.31. The molecular weight excluding hydrogens is 414 g/mol. The summed E-state index contributed by atoms with van der Waals surface area (Å²) in [7, 11) is 1.60. The van der Waals surface area contributed by atoms with E-state index in [9.17, 15) is 9.59 Å². The predicted molar refractivity (Wildman–Crippen MR) is 114 cm³/mol. The fourth-order valence-electron chi connectivity index (χ4n) is 2.93. The topological polar surface area (TPSA) is 86.8 Å². The molecule has 10 heteroatoms. The molecule has 1 aliphatic rings. The van der Waals surface area contributed by atoms with Gasteiger partial charge in [0.1, 0.15) is 5.69 Å². The summed E-state index contributed by atoms with van der Waals surface area (Å²) in [6.07, 6.45) is 0. The second kappa shape index (κ2) is 10.5. The van der Waals surface area contributed by atoms with Crippen molar-refractivity contribution in [1.29, 1.82) is 0 Å². The smallest absolute Gasteiger partial charge is 0.273 e. The van der Waals surface area contributed by atoms with Crippen LogP contribution in [0.3, 0.4) is 0 Å². The maximum atomic E-state index is 12.7. The van der Waals surface area contributed by atoms with E-state index >= 15 is 0 Å². The van der Waals surface area contributed by atoms with Gasteiger partial charge in [-0.3, -0.25) is 14.5 Å². The number of piperazine rings is 1. The van der Waals surface area contributed by atoms with Gasteiger partial charge in [-0.25, -0.2) is 4.98 Å². The molecule has 0 radical (unpaired) electrons. The summed E-state index contributed by atoms with van der Waals surface area (Å²) in [6, 6.07) is 7.38. The molecule has 1 aromatic heterocycles. The number of carbonyl (C=O) groups is 2. The normalized spacial score (nSPS) is 14.6. The molecule has 2 heterocycles. The summed E-state index contributed by atoms with van der Waals surface area (Å²) in [5, 5.41) is 8.91. The van der Waals surface area contributed by atoms with Gasteiger partial charge in [-0.2, -0.15) is 0 Å². The summed E-state index contributed by atoms with van der Waals surface area (Å²) >= 11 is 7.51. The molecule has 2 amide bonds. The number of hydrogen-bond donors (Lipinski definition) is 2. The van der Waals surface area contributed by atoms with Gasteiger partial charge < -0.3 is 20.3 Å². The Labute approximate surface area is 178 Å². The highest BCUT2D eigenvalue weighted by Gasteiger charge is 2.24. The van der Waals surface area contributed by atoms with Crippen LogP contribution in [0.25, 0.3) is 0 Å². The van der Waals surface area contributed by atoms with E-state index in [1.807, 2.05) is 23.1 Å². The van der Waals surface area contributed by atoms with Crippen molar-refractivity contribution >= 4 is 45.6 Å². The summed E-state index contributed by atoms with van der Waals surface area (Å²) < 4.78 is 4.92. The molecule has 2 aromatic rings. The zero-order valence-corrected chi connectivity index (χ0v) is 17.8. The fourth-order valence-corrected chi connectivity index (χ4v) is 3.81. The Morgan fingerprint density at radius 1 is 1.24 bits per heavy atom. The van der Waals surface area contributed by atoms with Crippen LogP contribution in [-0.2, 0) is 9.53 Å². The third kappa shape index (κ3) is 6.14. The first kappa shape index (κ1) is 21.5. The Morgan fingerprint density at radius 3 is 2.72 bits per heavy atom. The molecule has 0 spiro atoms. The molecule has 0 atom stereocenters. The number of methoxy groups -OCH3 is 1. The molecule has 0 saturated carbocycles. The molecule has 29 heavy (non-hydrogen) atoms. The largest absolute Gasteiger partial charge is 0.383 e. The number of amides is 2. The maximum Gasteiger partial charge on any atom is 0.273 e. The van der Waals surface area contributed by atoms with E-state index in [0.717, 1.165) is 5.69 Å². The molecule has 1 saturated heterocycles. The average Bonchev–Trinajstić information content (AvgIpc) is 3.18. The van der Waals surface area contributed by atoms with Crippen molar-refractivity contribution in [3.8, 4) is 0 Å². The lowest BCUT2D eigenvalue weighted by Crippen LogP contribution is -2.51. The third-order valence-electron chi connectivity index (χ3n) is 4.49. The number of anilines is 2. The number of ether oxygens (including phenoxy) is 1. The van der Waals surface area contributed by atoms with Crippen LogP contribution in [0.1, 0.15) is 10.5 Å². The Bertz CT molecular complexity index is 839. The summed E-state index contributed by atoms with van der Waals surface area (Å²) in [6.45, 7) is 3.76. The Morgan fingerprint density at radius 2 is 2.00 bits per heavy atom. The number of nitrogens with zero attached hydrogens (tertiary/aromatic N) is 3. The monoisotopic (exact) mass is 437 g/mol. The van der Waals surface area contributed by atoms with Crippen molar-refractivity contribution in [1.82, 2.24) is 20.1 Å². The molecule has 0 aliphatic carbocycles. The van der Waals surface area contributed by atoms with Gasteiger partial charge in [-0.05, 0) is 12.1 Å². The minimum absolute atomic E-state index is 0.0309. The predicted octanol–water partition coefficient (Wildman–Crippen LogP) is 2.06. The summed E-state index contributed by atoms with van der Waals surface area (Å²) in [4.78, 5) is 32.8. The van der Waals surface area contributed by atoms with Gasteiger partial charge in [0, 0.05) is 45.2 Å². The zero-order chi connectivity index (χ0) is 20.6. The highest BCUT2D eigenvalue weighted by atomic mass is 35.5. The molecular formula is C19H24ClN5O3S. The first-order chi connectivity index (χ1) is 14.1. The Balaban J connectivity index is 1.48. The maximum absolute atomic E-state index is 12.7. The molecule has 156 valence electrons. The summed E-state index contributed by atoms with van der Waals surface area (Å²) in [5.41, 5.74) is 1.16. The lowest BCUT2D eigenvalue weighted by molar-refractivity contribution is -0.122. The van der Waals surface area contributed by atoms with Crippen molar-refractivity contribution in [2.45, 2.75) is 0 Å². The number of aromatic nitrogens is 1. The number of para-hydroxylation sites is 1. The van der Waals surface area contributed by atoms with Gasteiger partial charge in [-0.15, -0.1) is 11.3 Å². The highest BCUT2D eigenvalue weighted by Crippen LogP contribution is 2.27. The molecule has 0 bridgehead atoms. The van der Waals surface area contributed by atoms with Crippen LogP contribution in [0.15, 0.2) is 29.6 Å². The second-order valence-electron chi connectivity index (χ2n) is 6.55. The van der Waals surface area contributed by atoms with E-state index in [2.05, 4.69) is 15.6 Å². The number of hydrogen-bond acceptors (Lipinski definition) is 7. The number of halogens is 1. The number of thiazole rings is 1. The van der Waals surface area contributed by atoms with Crippen LogP contribution in [0.5, 0.6) is 0 Å². The van der Waals surface area contributed by atoms with E-state index in [-0.39, 0.29) is 11.8 Å². The average molecular weight is 438 g/mol. The molecule has 1 aliphatic heterocycles. The number of benzene rings is 1. The van der Waals surface area contributed by atoms with Crippen LogP contribution in [0.2, 0.25) is 5.02 Å². The van der Waals surface area contributed by atoms with E-state index in [4.69, 9.17) is 16.3 Å². The van der Waals surface area contributed by atoms with Crippen molar-refractivity contribution in [3.05, 3.63) is 40.4 Å². The standard InChI is InChI=1S/C19H24ClN5O3S/c1-28-11-6-21-17(26)12-24-7-9-25(10-8-24)18(27)16-13-29-19(23-16)22-15-5-3-2-4-14(15)20/h2-5,13H,6-12H2,1H3,(H,21,26)(H,22,23). The van der Waals surface area contributed by atoms with Crippen LogP contribution in [0, 0.1) is 0 Å². The number of nitrogens with one attached hydrogen (secondary N) is 2. The van der Waals surface area contributed by atoms with E-state index in [0.29, 0.717) is 61.7 Å². The number of rotatable bonds is 8. The molecule has 0 unspecified atom stereocenters. The number of carbonyl (C=O) groups excluding carboxylic acids is 2. The van der Waals surface area contributed by atoms with E-state index in [1.54, 1.807) is 23.5 Å². The van der Waals surface area contributed by atoms with Crippen molar-refractivity contribution < 1.29 is 14.3 Å². The minimum atomic E-state index is -0.0994. The second-order valence-corrected chi connectivity index (χ2v) is 7.82. The van der Waals surface area contributed by atoms with Gasteiger partial charge >= 0.3 is 0 Å². The quantitative estimate of drug-likeness (QED) is 0.615. The van der Waals surface area contributed by atoms with Crippen LogP contribution in [0.4, 0.5) is 10.8 Å².